The van der Waals surface area contributed by atoms with Gasteiger partial charge in [0, 0.05) is 50.8 Å². The van der Waals surface area contributed by atoms with Crippen LogP contribution < -0.4 is 16.1 Å². The Balaban J connectivity index is 1.40. The van der Waals surface area contributed by atoms with Crippen molar-refractivity contribution >= 4 is 22.8 Å². The first kappa shape index (κ1) is 24.6. The molecule has 1 amide bonds. The van der Waals surface area contributed by atoms with Crippen LogP contribution in [0, 0.1) is 17.6 Å². The molecule has 4 heterocycles. The molecule has 37 heavy (non-hydrogen) atoms. The SMILES string of the molecule is CCCn1c(=O)c2[nH]c(-c3cnn(CC4CC(=O)N(c5ccc(F)cc5F)C4)c3)nc2n(CCC)c1=O. The van der Waals surface area contributed by atoms with E-state index in [9.17, 15) is 23.2 Å². The van der Waals surface area contributed by atoms with E-state index in [1.807, 2.05) is 13.8 Å². The highest BCUT2D eigenvalue weighted by atomic mass is 19.1. The van der Waals surface area contributed by atoms with Crippen LogP contribution in [0.2, 0.25) is 0 Å². The van der Waals surface area contributed by atoms with Gasteiger partial charge < -0.3 is 9.88 Å². The number of benzene rings is 1. The summed E-state index contributed by atoms with van der Waals surface area (Å²) in [6.45, 7) is 5.29. The molecule has 12 heteroatoms. The van der Waals surface area contributed by atoms with Crippen molar-refractivity contribution in [2.24, 2.45) is 5.92 Å². The van der Waals surface area contributed by atoms with E-state index in [2.05, 4.69) is 15.1 Å². The Hall–Kier alpha value is -4.09. The molecular formula is C25H27F2N7O3. The van der Waals surface area contributed by atoms with Gasteiger partial charge in [-0.15, -0.1) is 0 Å². The normalized spacial score (nSPS) is 15.8. The summed E-state index contributed by atoms with van der Waals surface area (Å²) in [4.78, 5) is 47.3. The molecule has 1 aliphatic rings. The quantitative estimate of drug-likeness (QED) is 0.391. The Morgan fingerprint density at radius 1 is 1.08 bits per heavy atom. The predicted molar refractivity (Wildman–Crippen MR) is 133 cm³/mol. The number of aryl methyl sites for hydroxylation is 1. The Morgan fingerprint density at radius 3 is 2.57 bits per heavy atom. The van der Waals surface area contributed by atoms with Crippen LogP contribution in [0.25, 0.3) is 22.6 Å². The second-order valence-electron chi connectivity index (χ2n) is 9.30. The Kier molecular flexibility index (Phi) is 6.48. The number of hydrogen-bond donors (Lipinski definition) is 1. The molecule has 1 atom stereocenters. The smallest absolute Gasteiger partial charge is 0.332 e. The van der Waals surface area contributed by atoms with E-state index in [4.69, 9.17) is 0 Å². The van der Waals surface area contributed by atoms with Crippen LogP contribution >= 0.6 is 0 Å². The fourth-order valence-electron chi connectivity index (χ4n) is 4.84. The first-order valence-corrected chi connectivity index (χ1v) is 12.3. The maximum atomic E-state index is 14.2. The molecule has 3 aromatic heterocycles. The van der Waals surface area contributed by atoms with E-state index < -0.39 is 17.2 Å². The van der Waals surface area contributed by atoms with Crippen molar-refractivity contribution in [2.45, 2.75) is 52.7 Å². The number of imidazole rings is 1. The topological polar surface area (TPSA) is 111 Å². The summed E-state index contributed by atoms with van der Waals surface area (Å²) >= 11 is 0. The number of halogens is 2. The predicted octanol–water partition coefficient (Wildman–Crippen LogP) is 2.90. The van der Waals surface area contributed by atoms with Gasteiger partial charge in [0.1, 0.15) is 23.0 Å². The third-order valence-corrected chi connectivity index (χ3v) is 6.51. The molecule has 0 bridgehead atoms. The third kappa shape index (κ3) is 4.47. The summed E-state index contributed by atoms with van der Waals surface area (Å²) in [6.07, 6.45) is 4.90. The molecule has 0 aliphatic carbocycles. The van der Waals surface area contributed by atoms with Gasteiger partial charge >= 0.3 is 5.69 Å². The highest BCUT2D eigenvalue weighted by Gasteiger charge is 2.32. The van der Waals surface area contributed by atoms with Gasteiger partial charge in [0.15, 0.2) is 5.65 Å². The van der Waals surface area contributed by atoms with Crippen molar-refractivity contribution in [2.75, 3.05) is 11.4 Å². The van der Waals surface area contributed by atoms with E-state index in [-0.39, 0.29) is 41.7 Å². The van der Waals surface area contributed by atoms with Crippen LogP contribution in [0.5, 0.6) is 0 Å². The molecular weight excluding hydrogens is 484 g/mol. The number of rotatable bonds is 8. The van der Waals surface area contributed by atoms with Gasteiger partial charge in [0.05, 0.1) is 17.4 Å². The zero-order valence-electron chi connectivity index (χ0n) is 20.6. The molecule has 10 nitrogen and oxygen atoms in total. The number of hydrogen-bond acceptors (Lipinski definition) is 5. The van der Waals surface area contributed by atoms with Gasteiger partial charge in [-0.1, -0.05) is 13.8 Å². The fraction of sp³-hybridized carbons (Fsp3) is 0.400. The van der Waals surface area contributed by atoms with Crippen molar-refractivity contribution in [3.05, 3.63) is 63.1 Å². The van der Waals surface area contributed by atoms with E-state index >= 15 is 0 Å². The zero-order chi connectivity index (χ0) is 26.3. The second kappa shape index (κ2) is 9.75. The number of H-pyrrole nitrogens is 1. The maximum absolute atomic E-state index is 14.2. The van der Waals surface area contributed by atoms with Gasteiger partial charge in [0.2, 0.25) is 5.91 Å². The first-order valence-electron chi connectivity index (χ1n) is 12.3. The Bertz CT molecular complexity index is 1600. The molecule has 1 aromatic carbocycles. The zero-order valence-corrected chi connectivity index (χ0v) is 20.6. The van der Waals surface area contributed by atoms with Gasteiger partial charge in [0.25, 0.3) is 5.56 Å². The molecule has 5 rings (SSSR count). The number of fused-ring (bicyclic) bond motifs is 1. The molecule has 0 saturated carbocycles. The Morgan fingerprint density at radius 2 is 1.84 bits per heavy atom. The van der Waals surface area contributed by atoms with Crippen LogP contribution in [0.3, 0.4) is 0 Å². The van der Waals surface area contributed by atoms with Gasteiger partial charge in [-0.3, -0.25) is 23.4 Å². The number of carbonyl (C=O) groups is 1. The molecule has 1 saturated heterocycles. The van der Waals surface area contributed by atoms with Crippen molar-refractivity contribution < 1.29 is 13.6 Å². The van der Waals surface area contributed by atoms with E-state index in [0.717, 1.165) is 12.1 Å². The minimum Gasteiger partial charge on any atom is -0.332 e. The lowest BCUT2D eigenvalue weighted by Gasteiger charge is -2.17. The largest absolute Gasteiger partial charge is 0.332 e. The summed E-state index contributed by atoms with van der Waals surface area (Å²) in [5.41, 5.74) is 0.483. The summed E-state index contributed by atoms with van der Waals surface area (Å²) in [5, 5.41) is 4.38. The molecule has 1 fully saturated rings. The molecule has 4 aromatic rings. The lowest BCUT2D eigenvalue weighted by molar-refractivity contribution is -0.117. The summed E-state index contributed by atoms with van der Waals surface area (Å²) in [5.74, 6) is -1.43. The number of nitrogens with zero attached hydrogens (tertiary/aromatic N) is 6. The average molecular weight is 512 g/mol. The van der Waals surface area contributed by atoms with E-state index in [0.29, 0.717) is 49.5 Å². The van der Waals surface area contributed by atoms with Crippen LogP contribution in [0.4, 0.5) is 14.5 Å². The fourth-order valence-corrected chi connectivity index (χ4v) is 4.84. The van der Waals surface area contributed by atoms with Gasteiger partial charge in [-0.05, 0) is 25.0 Å². The minimum atomic E-state index is -0.778. The highest BCUT2D eigenvalue weighted by molar-refractivity contribution is 5.95. The summed E-state index contributed by atoms with van der Waals surface area (Å²) < 4.78 is 31.9. The summed E-state index contributed by atoms with van der Waals surface area (Å²) in [6, 6.07) is 3.16. The van der Waals surface area contributed by atoms with Crippen molar-refractivity contribution in [3.63, 3.8) is 0 Å². The summed E-state index contributed by atoms with van der Waals surface area (Å²) in [7, 11) is 0. The lowest BCUT2D eigenvalue weighted by Crippen LogP contribution is -2.40. The standard InChI is InChI=1S/C25H27F2N7O3/c1-3-7-32-23-21(24(36)33(8-4-2)25(32)37)29-22(30-23)16-11-28-31(14-16)12-15-9-20(35)34(13-15)19-6-5-17(26)10-18(19)27/h5-6,10-11,14-15H,3-4,7-9,12-13H2,1-2H3,(H,29,30). The molecule has 1 N–H and O–H groups in total. The monoisotopic (exact) mass is 511 g/mol. The second-order valence-corrected chi connectivity index (χ2v) is 9.30. The molecule has 194 valence electrons. The van der Waals surface area contributed by atoms with Crippen molar-refractivity contribution in [1.82, 2.24) is 28.9 Å². The van der Waals surface area contributed by atoms with Crippen LogP contribution in [0.1, 0.15) is 33.1 Å². The van der Waals surface area contributed by atoms with E-state index in [1.54, 1.807) is 17.1 Å². The van der Waals surface area contributed by atoms with Crippen LogP contribution in [-0.2, 0) is 24.4 Å². The molecule has 0 spiro atoms. The average Bonchev–Trinajstić information content (AvgIpc) is 3.59. The van der Waals surface area contributed by atoms with Crippen molar-refractivity contribution in [3.8, 4) is 11.4 Å². The van der Waals surface area contributed by atoms with Gasteiger partial charge in [-0.2, -0.15) is 5.10 Å². The van der Waals surface area contributed by atoms with Crippen LogP contribution in [0.15, 0.2) is 40.2 Å². The third-order valence-electron chi connectivity index (χ3n) is 6.51. The molecule has 0 radical (unpaired) electrons. The number of aromatic nitrogens is 6. The number of carbonyl (C=O) groups excluding carboxylic acids is 1. The first-order chi connectivity index (χ1) is 17.8. The number of nitrogens with one attached hydrogen (secondary N) is 1. The Labute approximate surface area is 210 Å². The van der Waals surface area contributed by atoms with Gasteiger partial charge in [-0.25, -0.2) is 18.6 Å². The van der Waals surface area contributed by atoms with E-state index in [1.165, 1.54) is 20.1 Å². The number of anilines is 1. The van der Waals surface area contributed by atoms with Crippen LogP contribution in [-0.4, -0.2) is 41.3 Å². The minimum absolute atomic E-state index is 0.0594. The maximum Gasteiger partial charge on any atom is 0.332 e. The van der Waals surface area contributed by atoms with Crippen molar-refractivity contribution in [1.29, 1.82) is 0 Å². The lowest BCUT2D eigenvalue weighted by atomic mass is 10.1. The molecule has 1 unspecified atom stereocenters. The highest BCUT2D eigenvalue weighted by Crippen LogP contribution is 2.29. The number of aromatic amines is 1. The number of amides is 1. The molecule has 1 aliphatic heterocycles.